The van der Waals surface area contributed by atoms with Crippen LogP contribution in [0.5, 0.6) is 0 Å². The van der Waals surface area contributed by atoms with E-state index < -0.39 is 10.8 Å². The van der Waals surface area contributed by atoms with Crippen LogP contribution in [0.2, 0.25) is 0 Å². The number of hydrogen-bond donors (Lipinski definition) is 2. The second-order valence-corrected chi connectivity index (χ2v) is 6.44. The highest BCUT2D eigenvalue weighted by Gasteiger charge is 2.26. The van der Waals surface area contributed by atoms with Crippen LogP contribution >= 0.6 is 0 Å². The van der Waals surface area contributed by atoms with Gasteiger partial charge in [-0.25, -0.2) is 0 Å². The molecule has 0 bridgehead atoms. The normalized spacial score (nSPS) is 42.7. The molecule has 0 spiro atoms. The van der Waals surface area contributed by atoms with Crippen LogP contribution < -0.4 is 5.32 Å². The van der Waals surface area contributed by atoms with Gasteiger partial charge >= 0.3 is 0 Å². The third-order valence-electron chi connectivity index (χ3n) is 3.57. The first-order chi connectivity index (χ1) is 7.25. The highest BCUT2D eigenvalue weighted by atomic mass is 32.2. The van der Waals surface area contributed by atoms with E-state index in [1.165, 1.54) is 6.42 Å². The largest absolute Gasteiger partial charge is 0.392 e. The molecule has 0 aromatic carbocycles. The Balaban J connectivity index is 1.78. The van der Waals surface area contributed by atoms with Gasteiger partial charge in [0, 0.05) is 34.4 Å². The standard InChI is InChI=1S/C11H21NO2S/c13-11-4-2-1-3-10(11)12-9-5-7-15(14)8-6-9/h9-13H,1-8H2. The number of rotatable bonds is 2. The molecule has 1 aliphatic heterocycles. The Hall–Kier alpha value is 0.0700. The molecule has 1 heterocycles. The fraction of sp³-hybridized carbons (Fsp3) is 1.00. The van der Waals surface area contributed by atoms with Crippen LogP contribution in [0, 0.1) is 0 Å². The molecule has 0 aromatic rings. The minimum absolute atomic E-state index is 0.161. The quantitative estimate of drug-likeness (QED) is 0.739. The van der Waals surface area contributed by atoms with Gasteiger partial charge in [-0.15, -0.1) is 0 Å². The highest BCUT2D eigenvalue weighted by Crippen LogP contribution is 2.20. The maximum Gasteiger partial charge on any atom is 0.0693 e. The van der Waals surface area contributed by atoms with Crippen LogP contribution in [-0.2, 0) is 10.8 Å². The molecule has 1 aliphatic carbocycles. The summed E-state index contributed by atoms with van der Waals surface area (Å²) in [5, 5.41) is 13.4. The van der Waals surface area contributed by atoms with E-state index in [1.807, 2.05) is 0 Å². The summed E-state index contributed by atoms with van der Waals surface area (Å²) in [4.78, 5) is 0. The Morgan fingerprint density at radius 3 is 2.40 bits per heavy atom. The van der Waals surface area contributed by atoms with Crippen molar-refractivity contribution < 1.29 is 9.32 Å². The van der Waals surface area contributed by atoms with E-state index in [-0.39, 0.29) is 12.1 Å². The van der Waals surface area contributed by atoms with E-state index in [1.54, 1.807) is 0 Å². The van der Waals surface area contributed by atoms with Crippen molar-refractivity contribution in [1.29, 1.82) is 0 Å². The van der Waals surface area contributed by atoms with Gasteiger partial charge in [0.2, 0.25) is 0 Å². The number of nitrogens with one attached hydrogen (secondary N) is 1. The van der Waals surface area contributed by atoms with Gasteiger partial charge in [0.15, 0.2) is 0 Å². The predicted molar refractivity (Wildman–Crippen MR) is 62.3 cm³/mol. The van der Waals surface area contributed by atoms with Crippen LogP contribution in [0.3, 0.4) is 0 Å². The van der Waals surface area contributed by atoms with Crippen LogP contribution in [-0.4, -0.2) is 39.0 Å². The summed E-state index contributed by atoms with van der Waals surface area (Å²) in [6.07, 6.45) is 6.29. The summed E-state index contributed by atoms with van der Waals surface area (Å²) < 4.78 is 11.2. The lowest BCUT2D eigenvalue weighted by molar-refractivity contribution is 0.0841. The number of aliphatic hydroxyl groups is 1. The molecule has 1 saturated heterocycles. The van der Waals surface area contributed by atoms with Crippen molar-refractivity contribution in [2.45, 2.75) is 56.7 Å². The number of aliphatic hydroxyl groups excluding tert-OH is 1. The molecule has 3 nitrogen and oxygen atoms in total. The van der Waals surface area contributed by atoms with Gasteiger partial charge in [-0.2, -0.15) is 0 Å². The molecule has 2 aliphatic rings. The zero-order valence-electron chi connectivity index (χ0n) is 9.15. The van der Waals surface area contributed by atoms with E-state index in [9.17, 15) is 9.32 Å². The van der Waals surface area contributed by atoms with Gasteiger partial charge < -0.3 is 10.4 Å². The van der Waals surface area contributed by atoms with E-state index in [0.717, 1.165) is 43.6 Å². The lowest BCUT2D eigenvalue weighted by Gasteiger charge is -2.33. The summed E-state index contributed by atoms with van der Waals surface area (Å²) in [6, 6.07) is 0.774. The molecular formula is C11H21NO2S. The van der Waals surface area contributed by atoms with Crippen molar-refractivity contribution in [2.24, 2.45) is 0 Å². The molecule has 2 fully saturated rings. The molecule has 2 N–H and O–H groups in total. The first-order valence-corrected chi connectivity index (χ1v) is 7.53. The maximum atomic E-state index is 11.2. The molecule has 0 radical (unpaired) electrons. The predicted octanol–water partition coefficient (Wildman–Crippen LogP) is 0.791. The molecule has 1 saturated carbocycles. The molecule has 2 atom stereocenters. The summed E-state index contributed by atoms with van der Waals surface area (Å²) in [6.45, 7) is 0. The molecular weight excluding hydrogens is 210 g/mol. The van der Waals surface area contributed by atoms with Crippen molar-refractivity contribution in [3.8, 4) is 0 Å². The smallest absolute Gasteiger partial charge is 0.0693 e. The van der Waals surface area contributed by atoms with E-state index in [2.05, 4.69) is 5.32 Å². The van der Waals surface area contributed by atoms with Gasteiger partial charge in [0.05, 0.1) is 6.10 Å². The minimum Gasteiger partial charge on any atom is -0.392 e. The zero-order chi connectivity index (χ0) is 10.7. The Bertz CT molecular complexity index is 225. The lowest BCUT2D eigenvalue weighted by atomic mass is 9.91. The van der Waals surface area contributed by atoms with E-state index >= 15 is 0 Å². The van der Waals surface area contributed by atoms with Crippen LogP contribution in [0.1, 0.15) is 38.5 Å². The Morgan fingerprint density at radius 1 is 1.07 bits per heavy atom. The van der Waals surface area contributed by atoms with Crippen LogP contribution in [0.4, 0.5) is 0 Å². The molecule has 0 aromatic heterocycles. The zero-order valence-corrected chi connectivity index (χ0v) is 9.97. The van der Waals surface area contributed by atoms with Crippen LogP contribution in [0.15, 0.2) is 0 Å². The van der Waals surface area contributed by atoms with E-state index in [4.69, 9.17) is 0 Å². The van der Waals surface area contributed by atoms with Crippen molar-refractivity contribution >= 4 is 10.8 Å². The topological polar surface area (TPSA) is 49.3 Å². The second kappa shape index (κ2) is 5.41. The van der Waals surface area contributed by atoms with Gasteiger partial charge in [0.1, 0.15) is 0 Å². The highest BCUT2D eigenvalue weighted by molar-refractivity contribution is 7.85. The van der Waals surface area contributed by atoms with Gasteiger partial charge in [0.25, 0.3) is 0 Å². The molecule has 2 unspecified atom stereocenters. The first kappa shape index (κ1) is 11.6. The SMILES string of the molecule is O=S1CCC(NC2CCCCC2O)CC1. The van der Waals surface area contributed by atoms with Crippen molar-refractivity contribution in [2.75, 3.05) is 11.5 Å². The second-order valence-electron chi connectivity index (χ2n) is 4.75. The first-order valence-electron chi connectivity index (χ1n) is 6.05. The van der Waals surface area contributed by atoms with Gasteiger partial charge in [-0.05, 0) is 25.7 Å². The third kappa shape index (κ3) is 3.26. The van der Waals surface area contributed by atoms with Crippen molar-refractivity contribution in [3.63, 3.8) is 0 Å². The average Bonchev–Trinajstić information content (AvgIpc) is 2.25. The maximum absolute atomic E-state index is 11.2. The Labute approximate surface area is 94.1 Å². The summed E-state index contributed by atoms with van der Waals surface area (Å²) in [5.74, 6) is 1.67. The summed E-state index contributed by atoms with van der Waals surface area (Å²) >= 11 is 0. The van der Waals surface area contributed by atoms with Gasteiger partial charge in [-0.3, -0.25) is 4.21 Å². The fourth-order valence-electron chi connectivity index (χ4n) is 2.57. The molecule has 2 rings (SSSR count). The summed E-state index contributed by atoms with van der Waals surface area (Å²) in [7, 11) is -0.579. The monoisotopic (exact) mass is 231 g/mol. The molecule has 15 heavy (non-hydrogen) atoms. The van der Waals surface area contributed by atoms with E-state index in [0.29, 0.717) is 6.04 Å². The Morgan fingerprint density at radius 2 is 1.73 bits per heavy atom. The average molecular weight is 231 g/mol. The summed E-state index contributed by atoms with van der Waals surface area (Å²) in [5.41, 5.74) is 0. The number of hydrogen-bond acceptors (Lipinski definition) is 3. The lowest BCUT2D eigenvalue weighted by Crippen LogP contribution is -2.48. The van der Waals surface area contributed by atoms with Crippen molar-refractivity contribution in [1.82, 2.24) is 5.32 Å². The molecule has 4 heteroatoms. The van der Waals surface area contributed by atoms with Gasteiger partial charge in [-0.1, -0.05) is 12.8 Å². The minimum atomic E-state index is -0.579. The molecule has 0 amide bonds. The van der Waals surface area contributed by atoms with Crippen molar-refractivity contribution in [3.05, 3.63) is 0 Å². The fourth-order valence-corrected chi connectivity index (χ4v) is 3.87. The third-order valence-corrected chi connectivity index (χ3v) is 4.95. The van der Waals surface area contributed by atoms with Crippen LogP contribution in [0.25, 0.3) is 0 Å². The molecule has 88 valence electrons. The Kier molecular flexibility index (Phi) is 4.17.